The number of ether oxygens (including phenoxy) is 3. The van der Waals surface area contributed by atoms with E-state index in [-0.39, 0.29) is 6.15 Å². The van der Waals surface area contributed by atoms with Gasteiger partial charge in [0.05, 0.1) is 13.2 Å². The summed E-state index contributed by atoms with van der Waals surface area (Å²) < 4.78 is 48.6. The summed E-state index contributed by atoms with van der Waals surface area (Å²) in [4.78, 5) is 0. The van der Waals surface area contributed by atoms with Crippen LogP contribution in [0.3, 0.4) is 0 Å². The second-order valence-electron chi connectivity index (χ2n) is 4.31. The van der Waals surface area contributed by atoms with Crippen molar-refractivity contribution in [2.75, 3.05) is 13.2 Å². The predicted molar refractivity (Wildman–Crippen MR) is 94.5 cm³/mol. The summed E-state index contributed by atoms with van der Waals surface area (Å²) in [7, 11) is -4.67. The van der Waals surface area contributed by atoms with Crippen LogP contribution in [0.5, 0.6) is 23.0 Å². The molecule has 0 unspecified atom stereocenters. The van der Waals surface area contributed by atoms with Gasteiger partial charge in [-0.05, 0) is 38.1 Å². The van der Waals surface area contributed by atoms with Crippen LogP contribution in [-0.4, -0.2) is 30.7 Å². The molecule has 0 bridgehead atoms. The lowest BCUT2D eigenvalue weighted by Crippen LogP contribution is -1.97. The molecule has 0 radical (unpaired) electrons. The number of benzene rings is 2. The highest BCUT2D eigenvalue weighted by atomic mass is 32.3. The zero-order chi connectivity index (χ0) is 18.0. The Hall–Kier alpha value is -2.33. The van der Waals surface area contributed by atoms with Crippen molar-refractivity contribution in [3.8, 4) is 23.0 Å². The molecule has 0 aliphatic rings. The molecule has 0 saturated carbocycles. The van der Waals surface area contributed by atoms with Crippen LogP contribution in [0.25, 0.3) is 0 Å². The zero-order valence-electron chi connectivity index (χ0n) is 14.1. The maximum atomic E-state index is 8.74. The molecule has 0 atom stereocenters. The molecule has 2 aromatic carbocycles. The summed E-state index contributed by atoms with van der Waals surface area (Å²) >= 11 is 0. The van der Waals surface area contributed by atoms with E-state index in [0.29, 0.717) is 24.7 Å². The lowest BCUT2D eigenvalue weighted by atomic mass is 10.3. The fraction of sp³-hybridized carbons (Fsp3) is 0.250. The van der Waals surface area contributed by atoms with Gasteiger partial charge in [-0.15, -0.1) is 0 Å². The van der Waals surface area contributed by atoms with Gasteiger partial charge in [0.15, 0.2) is 23.0 Å². The maximum Gasteiger partial charge on any atom is 0.394 e. The van der Waals surface area contributed by atoms with Crippen LogP contribution in [0.2, 0.25) is 0 Å². The van der Waals surface area contributed by atoms with Gasteiger partial charge >= 0.3 is 10.4 Å². The van der Waals surface area contributed by atoms with Crippen LogP contribution < -0.4 is 20.4 Å². The highest BCUT2D eigenvalue weighted by Gasteiger charge is 2.09. The quantitative estimate of drug-likeness (QED) is 0.650. The molecule has 8 nitrogen and oxygen atoms in total. The summed E-state index contributed by atoms with van der Waals surface area (Å²) in [5.74, 6) is 2.85. The maximum absolute atomic E-state index is 8.74. The first-order valence-electron chi connectivity index (χ1n) is 7.16. The Bertz CT molecular complexity index is 679. The largest absolute Gasteiger partial charge is 0.490 e. The van der Waals surface area contributed by atoms with E-state index in [2.05, 4.69) is 0 Å². The topological polar surface area (TPSA) is 137 Å². The van der Waals surface area contributed by atoms with Gasteiger partial charge in [-0.3, -0.25) is 9.11 Å². The van der Waals surface area contributed by atoms with Crippen molar-refractivity contribution in [2.45, 2.75) is 13.8 Å². The zero-order valence-corrected chi connectivity index (χ0v) is 14.9. The van der Waals surface area contributed by atoms with Gasteiger partial charge in [0.2, 0.25) is 0 Å². The smallest absolute Gasteiger partial charge is 0.394 e. The van der Waals surface area contributed by atoms with Gasteiger partial charge < -0.3 is 20.4 Å². The van der Waals surface area contributed by atoms with Gasteiger partial charge in [0, 0.05) is 0 Å². The molecule has 0 heterocycles. The van der Waals surface area contributed by atoms with E-state index in [9.17, 15) is 0 Å². The predicted octanol–water partition coefficient (Wildman–Crippen LogP) is 3.79. The Labute approximate surface area is 147 Å². The second kappa shape index (κ2) is 11.3. The summed E-state index contributed by atoms with van der Waals surface area (Å²) in [6.07, 6.45) is 0. The lowest BCUT2D eigenvalue weighted by molar-refractivity contribution is 0.305. The fourth-order valence-electron chi connectivity index (χ4n) is 1.74. The molecule has 25 heavy (non-hydrogen) atoms. The van der Waals surface area contributed by atoms with Crippen molar-refractivity contribution in [2.24, 2.45) is 0 Å². The van der Waals surface area contributed by atoms with E-state index in [1.54, 1.807) is 0 Å². The van der Waals surface area contributed by atoms with Crippen LogP contribution in [0, 0.1) is 0 Å². The van der Waals surface area contributed by atoms with Gasteiger partial charge in [-0.2, -0.15) is 8.42 Å². The van der Waals surface area contributed by atoms with E-state index in [1.165, 1.54) is 0 Å². The molecule has 2 aromatic rings. The molecule has 0 aromatic heterocycles. The Morgan fingerprint density at radius 3 is 1.32 bits per heavy atom. The average Bonchev–Trinajstić information content (AvgIpc) is 2.50. The van der Waals surface area contributed by atoms with Crippen molar-refractivity contribution < 1.29 is 31.7 Å². The third-order valence-corrected chi connectivity index (χ3v) is 2.52. The molecule has 0 fully saturated rings. The Morgan fingerprint density at radius 2 is 1.04 bits per heavy atom. The van der Waals surface area contributed by atoms with Crippen molar-refractivity contribution in [1.29, 1.82) is 0 Å². The minimum atomic E-state index is -4.67. The van der Waals surface area contributed by atoms with Crippen LogP contribution in [0.15, 0.2) is 48.5 Å². The lowest BCUT2D eigenvalue weighted by Gasteiger charge is -2.14. The van der Waals surface area contributed by atoms with Crippen LogP contribution in [-0.2, 0) is 10.4 Å². The summed E-state index contributed by atoms with van der Waals surface area (Å²) in [6.45, 7) is 5.11. The molecular weight excluding hydrogens is 350 g/mol. The first-order chi connectivity index (χ1) is 11.3. The van der Waals surface area contributed by atoms with Crippen LogP contribution in [0.4, 0.5) is 0 Å². The summed E-state index contributed by atoms with van der Waals surface area (Å²) in [5, 5.41) is 0. The van der Waals surface area contributed by atoms with Crippen molar-refractivity contribution in [1.82, 2.24) is 6.15 Å². The Balaban J connectivity index is 0.000000848. The molecular formula is C16H23NO7S. The van der Waals surface area contributed by atoms with E-state index < -0.39 is 10.4 Å². The van der Waals surface area contributed by atoms with Gasteiger partial charge in [-0.1, -0.05) is 24.3 Å². The van der Waals surface area contributed by atoms with E-state index in [1.807, 2.05) is 62.4 Å². The first kappa shape index (κ1) is 22.7. The first-order valence-corrected chi connectivity index (χ1v) is 8.56. The number of hydrogen-bond acceptors (Lipinski definition) is 6. The highest BCUT2D eigenvalue weighted by Crippen LogP contribution is 2.36. The molecule has 140 valence electrons. The van der Waals surface area contributed by atoms with Crippen molar-refractivity contribution in [3.05, 3.63) is 48.5 Å². The van der Waals surface area contributed by atoms with Crippen molar-refractivity contribution >= 4 is 10.4 Å². The van der Waals surface area contributed by atoms with Crippen LogP contribution >= 0.6 is 0 Å². The molecule has 0 saturated heterocycles. The SMILES string of the molecule is CCOc1ccccc1Oc1ccccc1OCC.N.O=S(=O)(O)O. The standard InChI is InChI=1S/C16H18O3.H3N.H2O4S/c1-3-17-13-9-5-7-11-15(13)19-16-12-8-6-10-14(16)18-4-2;;1-5(2,3)4/h5-12H,3-4H2,1-2H3;1H3;(H2,1,2,3,4). The third kappa shape index (κ3) is 9.52. The molecule has 0 spiro atoms. The Kier molecular flexibility index (Phi) is 10.2. The van der Waals surface area contributed by atoms with E-state index in [4.69, 9.17) is 31.7 Å². The number of para-hydroxylation sites is 4. The second-order valence-corrected chi connectivity index (χ2v) is 5.21. The summed E-state index contributed by atoms with van der Waals surface area (Å²) in [5.41, 5.74) is 0. The van der Waals surface area contributed by atoms with Crippen molar-refractivity contribution in [3.63, 3.8) is 0 Å². The number of hydrogen-bond donors (Lipinski definition) is 3. The van der Waals surface area contributed by atoms with Gasteiger partial charge in [0.1, 0.15) is 0 Å². The summed E-state index contributed by atoms with van der Waals surface area (Å²) in [6, 6.07) is 15.2. The normalized spacial score (nSPS) is 9.92. The molecule has 0 aliphatic heterocycles. The molecule has 0 amide bonds. The monoisotopic (exact) mass is 373 g/mol. The number of rotatable bonds is 6. The van der Waals surface area contributed by atoms with E-state index >= 15 is 0 Å². The highest BCUT2D eigenvalue weighted by molar-refractivity contribution is 7.79. The van der Waals surface area contributed by atoms with Gasteiger partial charge in [-0.25, -0.2) is 0 Å². The molecule has 0 aliphatic carbocycles. The average molecular weight is 373 g/mol. The Morgan fingerprint density at radius 1 is 0.760 bits per heavy atom. The molecule has 9 heteroatoms. The molecule has 2 rings (SSSR count). The minimum Gasteiger partial charge on any atom is -0.490 e. The minimum absolute atomic E-state index is 0. The van der Waals surface area contributed by atoms with Crippen LogP contribution in [0.1, 0.15) is 13.8 Å². The van der Waals surface area contributed by atoms with Gasteiger partial charge in [0.25, 0.3) is 0 Å². The third-order valence-electron chi connectivity index (χ3n) is 2.52. The fourth-order valence-corrected chi connectivity index (χ4v) is 1.74. The molecule has 5 N–H and O–H groups in total. The van der Waals surface area contributed by atoms with E-state index in [0.717, 1.165) is 11.5 Å².